The molecule has 0 atom stereocenters. The van der Waals surface area contributed by atoms with Crippen LogP contribution in [0.4, 0.5) is 4.79 Å². The van der Waals surface area contributed by atoms with Crippen molar-refractivity contribution in [2.24, 2.45) is 0 Å². The summed E-state index contributed by atoms with van der Waals surface area (Å²) < 4.78 is 5.83. The fourth-order valence-electron chi connectivity index (χ4n) is 2.55. The largest absolute Gasteiger partial charge is 0.492 e. The standard InChI is InChI=1S/C15H17BN2O2/c16-14-12-4-2-1-3-11(12)5-6-13(14)20-10-9-18-8-7-17-15(18)19/h1-6H,7-10,16H2,(H,17,19). The maximum Gasteiger partial charge on any atom is 0.317 e. The summed E-state index contributed by atoms with van der Waals surface area (Å²) in [6.07, 6.45) is 0. The molecule has 0 saturated carbocycles. The van der Waals surface area contributed by atoms with Crippen molar-refractivity contribution in [3.05, 3.63) is 36.4 Å². The molecule has 0 spiro atoms. The molecule has 0 radical (unpaired) electrons. The third-order valence-electron chi connectivity index (χ3n) is 3.71. The topological polar surface area (TPSA) is 41.6 Å². The Labute approximate surface area is 119 Å². The molecule has 2 aromatic carbocycles. The Morgan fingerprint density at radius 1 is 1.25 bits per heavy atom. The molecule has 1 fully saturated rings. The van der Waals surface area contributed by atoms with Crippen LogP contribution in [-0.4, -0.2) is 45.0 Å². The number of amides is 2. The molecule has 102 valence electrons. The van der Waals surface area contributed by atoms with Crippen LogP contribution in [0.5, 0.6) is 5.75 Å². The Morgan fingerprint density at radius 3 is 2.90 bits per heavy atom. The lowest BCUT2D eigenvalue weighted by Crippen LogP contribution is -2.32. The average Bonchev–Trinajstić information content (AvgIpc) is 2.87. The quantitative estimate of drug-likeness (QED) is 0.820. The van der Waals surface area contributed by atoms with Crippen LogP contribution in [-0.2, 0) is 0 Å². The number of nitrogens with zero attached hydrogens (tertiary/aromatic N) is 1. The van der Waals surface area contributed by atoms with Gasteiger partial charge < -0.3 is 15.0 Å². The van der Waals surface area contributed by atoms with E-state index in [1.165, 1.54) is 10.8 Å². The van der Waals surface area contributed by atoms with Gasteiger partial charge >= 0.3 is 6.03 Å². The number of ether oxygens (including phenoxy) is 1. The highest BCUT2D eigenvalue weighted by molar-refractivity contribution is 6.40. The van der Waals surface area contributed by atoms with E-state index in [1.807, 2.05) is 18.2 Å². The minimum absolute atomic E-state index is 0.00355. The number of urea groups is 1. The van der Waals surface area contributed by atoms with E-state index in [2.05, 4.69) is 31.4 Å². The summed E-state index contributed by atoms with van der Waals surface area (Å²) in [5, 5.41) is 5.22. The Kier molecular flexibility index (Phi) is 3.50. The Morgan fingerprint density at radius 2 is 2.10 bits per heavy atom. The maximum absolute atomic E-state index is 11.4. The Hall–Kier alpha value is -2.17. The minimum Gasteiger partial charge on any atom is -0.492 e. The first kappa shape index (κ1) is 12.8. The van der Waals surface area contributed by atoms with Crippen molar-refractivity contribution in [3.8, 4) is 5.75 Å². The van der Waals surface area contributed by atoms with Crippen LogP contribution in [0.2, 0.25) is 0 Å². The fraction of sp³-hybridized carbons (Fsp3) is 0.267. The summed E-state index contributed by atoms with van der Waals surface area (Å²) in [7, 11) is 2.07. The Bertz CT molecular complexity index is 645. The number of carbonyl (C=O) groups excluding carboxylic acids is 1. The lowest BCUT2D eigenvalue weighted by atomic mass is 9.89. The zero-order valence-electron chi connectivity index (χ0n) is 11.6. The van der Waals surface area contributed by atoms with E-state index in [4.69, 9.17) is 4.74 Å². The molecule has 1 heterocycles. The van der Waals surface area contributed by atoms with Crippen molar-refractivity contribution in [3.63, 3.8) is 0 Å². The normalized spacial score (nSPS) is 14.6. The van der Waals surface area contributed by atoms with Crippen molar-refractivity contribution in [2.75, 3.05) is 26.2 Å². The van der Waals surface area contributed by atoms with Crippen molar-refractivity contribution in [1.29, 1.82) is 0 Å². The van der Waals surface area contributed by atoms with E-state index >= 15 is 0 Å². The zero-order chi connectivity index (χ0) is 13.9. The van der Waals surface area contributed by atoms with Gasteiger partial charge in [-0.2, -0.15) is 0 Å². The molecule has 1 saturated heterocycles. The fourth-order valence-corrected chi connectivity index (χ4v) is 2.55. The van der Waals surface area contributed by atoms with Gasteiger partial charge in [0.2, 0.25) is 0 Å². The molecule has 1 aliphatic heterocycles. The zero-order valence-corrected chi connectivity index (χ0v) is 11.6. The molecule has 3 rings (SSSR count). The first-order valence-corrected chi connectivity index (χ1v) is 6.89. The first-order chi connectivity index (χ1) is 9.75. The summed E-state index contributed by atoms with van der Waals surface area (Å²) >= 11 is 0. The number of carbonyl (C=O) groups is 1. The van der Waals surface area contributed by atoms with Crippen molar-refractivity contribution in [1.82, 2.24) is 10.2 Å². The summed E-state index contributed by atoms with van der Waals surface area (Å²) in [6, 6.07) is 12.3. The molecule has 0 bridgehead atoms. The second-order valence-corrected chi connectivity index (χ2v) is 4.98. The van der Waals surface area contributed by atoms with Gasteiger partial charge in [-0.15, -0.1) is 0 Å². The number of nitrogens with one attached hydrogen (secondary N) is 1. The van der Waals surface area contributed by atoms with Crippen LogP contribution < -0.4 is 15.5 Å². The second kappa shape index (κ2) is 5.45. The Balaban J connectivity index is 1.68. The number of hydrogen-bond donors (Lipinski definition) is 1. The van der Waals surface area contributed by atoms with E-state index in [9.17, 15) is 4.79 Å². The SMILES string of the molecule is Bc1c(OCCN2CCNC2=O)ccc2ccccc12. The van der Waals surface area contributed by atoms with Gasteiger partial charge in [0.15, 0.2) is 0 Å². The van der Waals surface area contributed by atoms with E-state index in [-0.39, 0.29) is 6.03 Å². The molecule has 0 unspecified atom stereocenters. The van der Waals surface area contributed by atoms with E-state index in [0.29, 0.717) is 13.2 Å². The summed E-state index contributed by atoms with van der Waals surface area (Å²) in [5.74, 6) is 0.892. The van der Waals surface area contributed by atoms with Gasteiger partial charge in [0.1, 0.15) is 20.2 Å². The highest BCUT2D eigenvalue weighted by Gasteiger charge is 2.18. The van der Waals surface area contributed by atoms with Gasteiger partial charge in [-0.25, -0.2) is 4.79 Å². The number of rotatable bonds is 4. The third kappa shape index (κ3) is 2.43. The monoisotopic (exact) mass is 268 g/mol. The van der Waals surface area contributed by atoms with Crippen LogP contribution in [0.25, 0.3) is 10.8 Å². The molecule has 20 heavy (non-hydrogen) atoms. The lowest BCUT2D eigenvalue weighted by Gasteiger charge is -2.16. The third-order valence-corrected chi connectivity index (χ3v) is 3.71. The molecule has 2 aromatic rings. The molecule has 0 aliphatic carbocycles. The van der Waals surface area contributed by atoms with Gasteiger partial charge in [-0.3, -0.25) is 0 Å². The maximum atomic E-state index is 11.4. The van der Waals surface area contributed by atoms with E-state index in [1.54, 1.807) is 4.90 Å². The summed E-state index contributed by atoms with van der Waals surface area (Å²) in [4.78, 5) is 13.2. The molecule has 1 aliphatic rings. The van der Waals surface area contributed by atoms with Crippen molar-refractivity contribution in [2.45, 2.75) is 0 Å². The van der Waals surface area contributed by atoms with Crippen LogP contribution in [0.15, 0.2) is 36.4 Å². The number of fused-ring (bicyclic) bond motifs is 1. The smallest absolute Gasteiger partial charge is 0.317 e. The van der Waals surface area contributed by atoms with Crippen molar-refractivity contribution >= 4 is 30.1 Å². The molecular formula is C15H17BN2O2. The van der Waals surface area contributed by atoms with Gasteiger partial charge in [0.05, 0.1) is 6.54 Å². The van der Waals surface area contributed by atoms with Crippen LogP contribution >= 0.6 is 0 Å². The summed E-state index contributed by atoms with van der Waals surface area (Å²) in [5.41, 5.74) is 1.15. The van der Waals surface area contributed by atoms with Gasteiger partial charge in [-0.05, 0) is 22.3 Å². The highest BCUT2D eigenvalue weighted by Crippen LogP contribution is 2.17. The highest BCUT2D eigenvalue weighted by atomic mass is 16.5. The molecule has 0 aromatic heterocycles. The first-order valence-electron chi connectivity index (χ1n) is 6.89. The van der Waals surface area contributed by atoms with Crippen LogP contribution in [0, 0.1) is 0 Å². The van der Waals surface area contributed by atoms with Crippen molar-refractivity contribution < 1.29 is 9.53 Å². The van der Waals surface area contributed by atoms with Gasteiger partial charge in [0, 0.05) is 13.1 Å². The van der Waals surface area contributed by atoms with E-state index < -0.39 is 0 Å². The summed E-state index contributed by atoms with van der Waals surface area (Å²) in [6.45, 7) is 2.64. The predicted molar refractivity (Wildman–Crippen MR) is 82.6 cm³/mol. The number of hydrogen-bond acceptors (Lipinski definition) is 2. The predicted octanol–water partition coefficient (Wildman–Crippen LogP) is 0.502. The van der Waals surface area contributed by atoms with Crippen LogP contribution in [0.1, 0.15) is 0 Å². The molecule has 1 N–H and O–H groups in total. The molecule has 2 amide bonds. The molecule has 4 nitrogen and oxygen atoms in total. The number of benzene rings is 2. The minimum atomic E-state index is 0.00355. The average molecular weight is 268 g/mol. The van der Waals surface area contributed by atoms with Gasteiger partial charge in [0.25, 0.3) is 0 Å². The lowest BCUT2D eigenvalue weighted by molar-refractivity contribution is 0.203. The van der Waals surface area contributed by atoms with Gasteiger partial charge in [-0.1, -0.05) is 30.3 Å². The van der Waals surface area contributed by atoms with Crippen LogP contribution in [0.3, 0.4) is 0 Å². The second-order valence-electron chi connectivity index (χ2n) is 4.98. The molecule has 5 heteroatoms. The van der Waals surface area contributed by atoms with E-state index in [0.717, 1.165) is 24.3 Å². The molecular weight excluding hydrogens is 251 g/mol.